The molecule has 4 heteroatoms. The normalized spacial score (nSPS) is 31.9. The van der Waals surface area contributed by atoms with Gasteiger partial charge in [0, 0.05) is 25.2 Å². The number of amides is 2. The largest absolute Gasteiger partial charge is 0.322 e. The number of urea groups is 1. The van der Waals surface area contributed by atoms with E-state index in [4.69, 9.17) is 0 Å². The summed E-state index contributed by atoms with van der Waals surface area (Å²) in [7, 11) is 4.49. The Bertz CT molecular complexity index is 832. The number of carbonyl (C=O) groups excluding carboxylic acids is 1. The fourth-order valence-electron chi connectivity index (χ4n) is 7.62. The van der Waals surface area contributed by atoms with E-state index >= 15 is 0 Å². The quantitative estimate of drug-likeness (QED) is 0.450. The van der Waals surface area contributed by atoms with Crippen LogP contribution in [0.3, 0.4) is 0 Å². The first kappa shape index (κ1) is 24.2. The van der Waals surface area contributed by atoms with Gasteiger partial charge in [0.15, 0.2) is 0 Å². The van der Waals surface area contributed by atoms with Gasteiger partial charge in [-0.25, -0.2) is 4.79 Å². The molecule has 0 N–H and O–H groups in total. The van der Waals surface area contributed by atoms with E-state index in [1.54, 1.807) is 0 Å². The lowest BCUT2D eigenvalue weighted by Crippen LogP contribution is -2.56. The number of hydrogen-bond donors (Lipinski definition) is 0. The Morgan fingerprint density at radius 2 is 1.59 bits per heavy atom. The highest BCUT2D eigenvalue weighted by Crippen LogP contribution is 2.50. The van der Waals surface area contributed by atoms with Gasteiger partial charge in [-0.15, -0.1) is 0 Å². The lowest BCUT2D eigenvalue weighted by atomic mass is 9.68. The van der Waals surface area contributed by atoms with E-state index in [0.29, 0.717) is 11.4 Å². The van der Waals surface area contributed by atoms with Crippen LogP contribution in [0.15, 0.2) is 30.3 Å². The van der Waals surface area contributed by atoms with Gasteiger partial charge in [0.2, 0.25) is 0 Å². The Hall–Kier alpha value is -1.55. The SMILES string of the molecule is CN(C)[C@]1(c2ccccc2)CC[C@]2(CC1)CN(CCC1(C)CCCCC1)C(=O)N2CC1CCC1. The fraction of sp³-hybridized carbons (Fsp3) is 0.767. The molecule has 5 rings (SSSR count). The van der Waals surface area contributed by atoms with E-state index < -0.39 is 0 Å². The molecule has 4 fully saturated rings. The zero-order valence-electron chi connectivity index (χ0n) is 22.0. The molecule has 4 nitrogen and oxygen atoms in total. The Balaban J connectivity index is 1.34. The van der Waals surface area contributed by atoms with Crippen LogP contribution in [0.2, 0.25) is 0 Å². The first-order valence-electron chi connectivity index (χ1n) is 14.2. The number of benzene rings is 1. The van der Waals surface area contributed by atoms with Gasteiger partial charge in [-0.2, -0.15) is 0 Å². The summed E-state index contributed by atoms with van der Waals surface area (Å²) in [5.74, 6) is 0.728. The van der Waals surface area contributed by atoms with Gasteiger partial charge in [-0.1, -0.05) is 62.9 Å². The second-order valence-corrected chi connectivity index (χ2v) is 12.7. The van der Waals surface area contributed by atoms with E-state index in [-0.39, 0.29) is 11.1 Å². The lowest BCUT2D eigenvalue weighted by Gasteiger charge is -2.51. The minimum absolute atomic E-state index is 0.0361. The minimum atomic E-state index is 0.0361. The highest BCUT2D eigenvalue weighted by atomic mass is 16.2. The Morgan fingerprint density at radius 3 is 2.18 bits per heavy atom. The van der Waals surface area contributed by atoms with Crippen LogP contribution in [0.1, 0.15) is 96.0 Å². The molecule has 2 amide bonds. The highest BCUT2D eigenvalue weighted by Gasteiger charge is 2.55. The maximum atomic E-state index is 13.8. The molecule has 1 aromatic rings. The predicted molar refractivity (Wildman–Crippen MR) is 140 cm³/mol. The second-order valence-electron chi connectivity index (χ2n) is 12.7. The van der Waals surface area contributed by atoms with Crippen LogP contribution in [-0.2, 0) is 5.54 Å². The molecular weight excluding hydrogens is 418 g/mol. The summed E-state index contributed by atoms with van der Waals surface area (Å²) in [5.41, 5.74) is 1.99. The smallest absolute Gasteiger partial charge is 0.320 e. The highest BCUT2D eigenvalue weighted by molar-refractivity contribution is 5.78. The summed E-state index contributed by atoms with van der Waals surface area (Å²) in [6.45, 7) is 5.37. The second kappa shape index (κ2) is 9.48. The molecule has 0 unspecified atom stereocenters. The van der Waals surface area contributed by atoms with E-state index in [1.165, 1.54) is 63.4 Å². The van der Waals surface area contributed by atoms with Gasteiger partial charge in [0.05, 0.1) is 5.54 Å². The van der Waals surface area contributed by atoms with Crippen molar-refractivity contribution >= 4 is 6.03 Å². The molecular formula is C30H47N3O. The third-order valence-electron chi connectivity index (χ3n) is 10.4. The maximum Gasteiger partial charge on any atom is 0.320 e. The van der Waals surface area contributed by atoms with Crippen LogP contribution in [0.4, 0.5) is 4.79 Å². The molecule has 3 aliphatic carbocycles. The molecule has 188 valence electrons. The molecule has 1 heterocycles. The minimum Gasteiger partial charge on any atom is -0.322 e. The Labute approximate surface area is 208 Å². The predicted octanol–water partition coefficient (Wildman–Crippen LogP) is 6.65. The Morgan fingerprint density at radius 1 is 0.912 bits per heavy atom. The van der Waals surface area contributed by atoms with Gasteiger partial charge in [-0.05, 0) is 88.8 Å². The summed E-state index contributed by atoms with van der Waals surface area (Å²) in [4.78, 5) is 20.9. The van der Waals surface area contributed by atoms with Crippen molar-refractivity contribution in [2.45, 2.75) is 101 Å². The third-order valence-corrected chi connectivity index (χ3v) is 10.4. The maximum absolute atomic E-state index is 13.8. The van der Waals surface area contributed by atoms with Crippen molar-refractivity contribution in [1.82, 2.24) is 14.7 Å². The Kier molecular flexibility index (Phi) is 6.74. The fourth-order valence-corrected chi connectivity index (χ4v) is 7.62. The van der Waals surface area contributed by atoms with Gasteiger partial charge in [0.25, 0.3) is 0 Å². The van der Waals surface area contributed by atoms with Crippen molar-refractivity contribution in [3.8, 4) is 0 Å². The molecule has 0 radical (unpaired) electrons. The van der Waals surface area contributed by atoms with Crippen LogP contribution in [0.25, 0.3) is 0 Å². The van der Waals surface area contributed by atoms with Crippen LogP contribution in [0.5, 0.6) is 0 Å². The van der Waals surface area contributed by atoms with Crippen LogP contribution >= 0.6 is 0 Å². The van der Waals surface area contributed by atoms with E-state index in [0.717, 1.165) is 51.2 Å². The van der Waals surface area contributed by atoms with Gasteiger partial charge >= 0.3 is 6.03 Å². The summed E-state index contributed by atoms with van der Waals surface area (Å²) in [6.07, 6.45) is 16.5. The number of hydrogen-bond acceptors (Lipinski definition) is 2. The van der Waals surface area contributed by atoms with E-state index in [1.807, 2.05) is 0 Å². The first-order chi connectivity index (χ1) is 16.4. The molecule has 1 spiro atoms. The number of carbonyl (C=O) groups is 1. The van der Waals surface area contributed by atoms with Crippen LogP contribution < -0.4 is 0 Å². The van der Waals surface area contributed by atoms with Gasteiger partial charge < -0.3 is 9.80 Å². The number of nitrogens with zero attached hydrogens (tertiary/aromatic N) is 3. The summed E-state index contributed by atoms with van der Waals surface area (Å²) < 4.78 is 0. The number of rotatable bonds is 7. The van der Waals surface area contributed by atoms with Crippen molar-refractivity contribution in [1.29, 1.82) is 0 Å². The average Bonchev–Trinajstić information content (AvgIpc) is 3.07. The standard InChI is InChI=1S/C30H47N3O/c1-28(15-8-5-9-16-28)21-22-32-24-29(33(27(32)34)23-25-11-10-12-25)17-19-30(20-18-29,31(2)3)26-13-6-4-7-14-26/h4,6-7,13-14,25H,5,8-12,15-24H2,1-3H3/t29-,30+. The van der Waals surface area contributed by atoms with E-state index in [9.17, 15) is 4.79 Å². The molecule has 3 saturated carbocycles. The molecule has 1 aliphatic heterocycles. The molecule has 0 atom stereocenters. The summed E-state index contributed by atoms with van der Waals surface area (Å²) in [6, 6.07) is 11.4. The van der Waals surface area contributed by atoms with E-state index in [2.05, 4.69) is 66.1 Å². The van der Waals surface area contributed by atoms with Crippen molar-refractivity contribution in [3.05, 3.63) is 35.9 Å². The molecule has 34 heavy (non-hydrogen) atoms. The molecule has 1 saturated heterocycles. The van der Waals surface area contributed by atoms with Crippen molar-refractivity contribution in [2.75, 3.05) is 33.7 Å². The monoisotopic (exact) mass is 465 g/mol. The molecule has 0 aromatic heterocycles. The van der Waals surface area contributed by atoms with Gasteiger partial charge in [0.1, 0.15) is 0 Å². The molecule has 4 aliphatic rings. The van der Waals surface area contributed by atoms with Crippen molar-refractivity contribution in [3.63, 3.8) is 0 Å². The molecule has 0 bridgehead atoms. The van der Waals surface area contributed by atoms with Gasteiger partial charge in [-0.3, -0.25) is 4.90 Å². The van der Waals surface area contributed by atoms with Crippen LogP contribution in [0, 0.1) is 11.3 Å². The first-order valence-corrected chi connectivity index (χ1v) is 14.2. The third kappa shape index (κ3) is 4.40. The topological polar surface area (TPSA) is 26.8 Å². The summed E-state index contributed by atoms with van der Waals surface area (Å²) in [5, 5.41) is 0. The molecule has 1 aromatic carbocycles. The van der Waals surface area contributed by atoms with Crippen LogP contribution in [-0.4, -0.2) is 60.0 Å². The van der Waals surface area contributed by atoms with Crippen molar-refractivity contribution in [2.24, 2.45) is 11.3 Å². The lowest BCUT2D eigenvalue weighted by molar-refractivity contribution is 0.0158. The average molecular weight is 466 g/mol. The van der Waals surface area contributed by atoms with Crippen molar-refractivity contribution < 1.29 is 4.79 Å². The summed E-state index contributed by atoms with van der Waals surface area (Å²) >= 11 is 0. The zero-order chi connectivity index (χ0) is 23.8. The zero-order valence-corrected chi connectivity index (χ0v) is 22.0.